The molecular formula is C16H22BNO3. The van der Waals surface area contributed by atoms with Crippen LogP contribution in [0.2, 0.25) is 0 Å². The Labute approximate surface area is 126 Å². The predicted octanol–water partition coefficient (Wildman–Crippen LogP) is 1.59. The Balaban J connectivity index is 1.75. The van der Waals surface area contributed by atoms with Crippen molar-refractivity contribution in [2.24, 2.45) is 0 Å². The highest BCUT2D eigenvalue weighted by atomic mass is 16.7. The first-order valence-electron chi connectivity index (χ1n) is 7.51. The van der Waals surface area contributed by atoms with Gasteiger partial charge in [0, 0.05) is 18.9 Å². The molecule has 3 rings (SSSR count). The molecule has 2 heterocycles. The summed E-state index contributed by atoms with van der Waals surface area (Å²) in [4.78, 5) is 11.3. The van der Waals surface area contributed by atoms with Crippen molar-refractivity contribution in [3.63, 3.8) is 0 Å². The van der Waals surface area contributed by atoms with Crippen LogP contribution in [0.1, 0.15) is 45.6 Å². The Kier molecular flexibility index (Phi) is 3.37. The highest BCUT2D eigenvalue weighted by Gasteiger charge is 2.51. The van der Waals surface area contributed by atoms with E-state index < -0.39 is 0 Å². The molecule has 1 unspecified atom stereocenters. The van der Waals surface area contributed by atoms with Gasteiger partial charge in [0.15, 0.2) is 0 Å². The van der Waals surface area contributed by atoms with E-state index in [1.165, 1.54) is 5.56 Å². The lowest BCUT2D eigenvalue weighted by Gasteiger charge is -2.32. The van der Waals surface area contributed by atoms with Crippen LogP contribution in [0.4, 0.5) is 0 Å². The lowest BCUT2D eigenvalue weighted by molar-refractivity contribution is -0.119. The van der Waals surface area contributed by atoms with Gasteiger partial charge in [0.05, 0.1) is 11.2 Å². The standard InChI is InChI=1S/C16H22BNO3/c1-15(2)16(3,4)21-17(20-15)13-7-5-11(6-8-13)12-9-14(19)18-10-12/h5-8,12H,9-10H2,1-4H3,(H,18,19). The lowest BCUT2D eigenvalue weighted by atomic mass is 9.78. The van der Waals surface area contributed by atoms with E-state index in [0.717, 1.165) is 12.0 Å². The molecule has 1 N–H and O–H groups in total. The van der Waals surface area contributed by atoms with Crippen LogP contribution >= 0.6 is 0 Å². The Bertz CT molecular complexity index is 537. The summed E-state index contributed by atoms with van der Waals surface area (Å²) in [6, 6.07) is 8.23. The maximum Gasteiger partial charge on any atom is 0.494 e. The van der Waals surface area contributed by atoms with Crippen molar-refractivity contribution in [3.8, 4) is 0 Å². The predicted molar refractivity (Wildman–Crippen MR) is 82.5 cm³/mol. The molecule has 0 saturated carbocycles. The first kappa shape index (κ1) is 14.6. The van der Waals surface area contributed by atoms with Gasteiger partial charge in [0.1, 0.15) is 0 Å². The summed E-state index contributed by atoms with van der Waals surface area (Å²) in [5, 5.41) is 2.87. The van der Waals surface area contributed by atoms with Crippen molar-refractivity contribution in [2.75, 3.05) is 6.54 Å². The molecule has 1 aromatic carbocycles. The summed E-state index contributed by atoms with van der Waals surface area (Å²) in [5.74, 6) is 0.417. The third kappa shape index (κ3) is 2.60. The summed E-state index contributed by atoms with van der Waals surface area (Å²) >= 11 is 0. The number of benzene rings is 1. The first-order valence-corrected chi connectivity index (χ1v) is 7.51. The summed E-state index contributed by atoms with van der Waals surface area (Å²) in [6.45, 7) is 8.94. The fraction of sp³-hybridized carbons (Fsp3) is 0.562. The van der Waals surface area contributed by atoms with Gasteiger partial charge >= 0.3 is 7.12 Å². The molecule has 112 valence electrons. The number of carbonyl (C=O) groups is 1. The van der Waals surface area contributed by atoms with Gasteiger partial charge in [-0.25, -0.2) is 0 Å². The number of hydrogen-bond donors (Lipinski definition) is 1. The molecule has 2 aliphatic rings. The number of rotatable bonds is 2. The van der Waals surface area contributed by atoms with Crippen LogP contribution in [0.3, 0.4) is 0 Å². The van der Waals surface area contributed by atoms with Crippen molar-refractivity contribution in [2.45, 2.75) is 51.2 Å². The van der Waals surface area contributed by atoms with Crippen molar-refractivity contribution < 1.29 is 14.1 Å². The summed E-state index contributed by atoms with van der Waals surface area (Å²) in [7, 11) is -0.326. The summed E-state index contributed by atoms with van der Waals surface area (Å²) in [6.07, 6.45) is 0.579. The number of amides is 1. The monoisotopic (exact) mass is 287 g/mol. The molecule has 5 heteroatoms. The van der Waals surface area contributed by atoms with Crippen molar-refractivity contribution in [1.29, 1.82) is 0 Å². The molecule has 4 nitrogen and oxygen atoms in total. The van der Waals surface area contributed by atoms with Crippen molar-refractivity contribution in [1.82, 2.24) is 5.32 Å². The SMILES string of the molecule is CC1(C)OB(c2ccc(C3CNC(=O)C3)cc2)OC1(C)C. The normalized spacial score (nSPS) is 27.0. The molecule has 0 bridgehead atoms. The second-order valence-electron chi connectivity index (χ2n) is 6.96. The van der Waals surface area contributed by atoms with Crippen LogP contribution < -0.4 is 10.8 Å². The van der Waals surface area contributed by atoms with E-state index >= 15 is 0 Å². The molecule has 2 aliphatic heterocycles. The smallest absolute Gasteiger partial charge is 0.399 e. The van der Waals surface area contributed by atoms with Gasteiger partial charge < -0.3 is 14.6 Å². The van der Waals surface area contributed by atoms with E-state index in [0.29, 0.717) is 6.42 Å². The van der Waals surface area contributed by atoms with Gasteiger partial charge in [-0.05, 0) is 38.7 Å². The van der Waals surface area contributed by atoms with Gasteiger partial charge in [-0.2, -0.15) is 0 Å². The Hall–Kier alpha value is -1.33. The second-order valence-corrected chi connectivity index (χ2v) is 6.96. The van der Waals surface area contributed by atoms with Crippen LogP contribution in [0.15, 0.2) is 24.3 Å². The van der Waals surface area contributed by atoms with E-state index in [1.807, 2.05) is 12.1 Å². The minimum Gasteiger partial charge on any atom is -0.399 e. The van der Waals surface area contributed by atoms with Crippen LogP contribution in [0.5, 0.6) is 0 Å². The minimum absolute atomic E-state index is 0.134. The molecule has 1 atom stereocenters. The zero-order chi connectivity index (χ0) is 15.3. The molecule has 0 spiro atoms. The average molecular weight is 287 g/mol. The number of hydrogen-bond acceptors (Lipinski definition) is 3. The Morgan fingerprint density at radius 2 is 1.67 bits per heavy atom. The van der Waals surface area contributed by atoms with Crippen LogP contribution in [-0.4, -0.2) is 30.8 Å². The molecule has 0 radical (unpaired) electrons. The van der Waals surface area contributed by atoms with E-state index in [4.69, 9.17) is 9.31 Å². The van der Waals surface area contributed by atoms with Crippen LogP contribution in [0, 0.1) is 0 Å². The molecule has 2 fully saturated rings. The van der Waals surface area contributed by atoms with Gasteiger partial charge in [0.2, 0.25) is 5.91 Å². The highest BCUT2D eigenvalue weighted by Crippen LogP contribution is 2.36. The van der Waals surface area contributed by atoms with Gasteiger partial charge in [-0.1, -0.05) is 24.3 Å². The van der Waals surface area contributed by atoms with Gasteiger partial charge in [0.25, 0.3) is 0 Å². The summed E-state index contributed by atoms with van der Waals surface area (Å²) in [5.41, 5.74) is 1.57. The molecule has 1 amide bonds. The van der Waals surface area contributed by atoms with Gasteiger partial charge in [-0.3, -0.25) is 4.79 Å². The van der Waals surface area contributed by atoms with Crippen LogP contribution in [0.25, 0.3) is 0 Å². The van der Waals surface area contributed by atoms with Gasteiger partial charge in [-0.15, -0.1) is 0 Å². The topological polar surface area (TPSA) is 47.6 Å². The second kappa shape index (κ2) is 4.85. The molecule has 2 saturated heterocycles. The van der Waals surface area contributed by atoms with E-state index in [1.54, 1.807) is 0 Å². The Morgan fingerprint density at radius 1 is 1.10 bits per heavy atom. The van der Waals surface area contributed by atoms with E-state index in [9.17, 15) is 4.79 Å². The largest absolute Gasteiger partial charge is 0.494 e. The lowest BCUT2D eigenvalue weighted by Crippen LogP contribution is -2.41. The third-order valence-corrected chi connectivity index (χ3v) is 4.91. The van der Waals surface area contributed by atoms with Crippen molar-refractivity contribution >= 4 is 18.5 Å². The van der Waals surface area contributed by atoms with E-state index in [2.05, 4.69) is 45.1 Å². The zero-order valence-electron chi connectivity index (χ0n) is 13.1. The molecule has 0 aromatic heterocycles. The number of nitrogens with one attached hydrogen (secondary N) is 1. The first-order chi connectivity index (χ1) is 9.78. The maximum absolute atomic E-state index is 11.3. The molecule has 21 heavy (non-hydrogen) atoms. The quantitative estimate of drug-likeness (QED) is 0.840. The highest BCUT2D eigenvalue weighted by molar-refractivity contribution is 6.62. The fourth-order valence-electron chi connectivity index (χ4n) is 2.75. The maximum atomic E-state index is 11.3. The number of carbonyl (C=O) groups excluding carboxylic acids is 1. The molecule has 0 aliphatic carbocycles. The fourth-order valence-corrected chi connectivity index (χ4v) is 2.75. The molecule has 1 aromatic rings. The Morgan fingerprint density at radius 3 is 2.14 bits per heavy atom. The average Bonchev–Trinajstić information content (AvgIpc) is 2.92. The zero-order valence-corrected chi connectivity index (χ0v) is 13.1. The third-order valence-electron chi connectivity index (χ3n) is 4.91. The van der Waals surface area contributed by atoms with Crippen LogP contribution in [-0.2, 0) is 14.1 Å². The van der Waals surface area contributed by atoms with Crippen molar-refractivity contribution in [3.05, 3.63) is 29.8 Å². The summed E-state index contributed by atoms with van der Waals surface area (Å²) < 4.78 is 12.1. The van der Waals surface area contributed by atoms with E-state index in [-0.39, 0.29) is 30.1 Å². The molecular weight excluding hydrogens is 265 g/mol. The minimum atomic E-state index is -0.326.